The van der Waals surface area contributed by atoms with Gasteiger partial charge < -0.3 is 15.0 Å². The average Bonchev–Trinajstić information content (AvgIpc) is 3.01. The molecule has 0 aliphatic carbocycles. The Balaban J connectivity index is 2.16. The van der Waals surface area contributed by atoms with Crippen LogP contribution >= 0.6 is 11.6 Å². The zero-order chi connectivity index (χ0) is 16.2. The SMILES string of the molecule is CNCCC(c1ccccc1Cl)c1c[nH]c2cccc(OC)c12. The maximum Gasteiger partial charge on any atom is 0.128 e. The van der Waals surface area contributed by atoms with Crippen molar-refractivity contribution in [2.75, 3.05) is 20.7 Å². The molecule has 0 amide bonds. The van der Waals surface area contributed by atoms with Crippen molar-refractivity contribution in [2.24, 2.45) is 0 Å². The van der Waals surface area contributed by atoms with Crippen molar-refractivity contribution in [3.63, 3.8) is 0 Å². The van der Waals surface area contributed by atoms with Crippen molar-refractivity contribution >= 4 is 22.5 Å². The van der Waals surface area contributed by atoms with Crippen molar-refractivity contribution in [2.45, 2.75) is 12.3 Å². The molecule has 3 rings (SSSR count). The van der Waals surface area contributed by atoms with Crippen molar-refractivity contribution in [1.29, 1.82) is 0 Å². The van der Waals surface area contributed by atoms with Crippen molar-refractivity contribution in [3.05, 3.63) is 64.8 Å². The summed E-state index contributed by atoms with van der Waals surface area (Å²) in [6.07, 6.45) is 3.04. The summed E-state index contributed by atoms with van der Waals surface area (Å²) in [5.41, 5.74) is 3.46. The summed E-state index contributed by atoms with van der Waals surface area (Å²) in [6.45, 7) is 0.914. The van der Waals surface area contributed by atoms with Gasteiger partial charge in [0.1, 0.15) is 5.75 Å². The standard InChI is InChI=1S/C19H21ClN2O/c1-21-11-10-13(14-6-3-4-7-16(14)20)15-12-22-17-8-5-9-18(23-2)19(15)17/h3-9,12-13,21-22H,10-11H2,1-2H3. The molecular weight excluding hydrogens is 308 g/mol. The Kier molecular flexibility index (Phi) is 4.89. The highest BCUT2D eigenvalue weighted by molar-refractivity contribution is 6.31. The second-order valence-electron chi connectivity index (χ2n) is 5.59. The highest BCUT2D eigenvalue weighted by atomic mass is 35.5. The van der Waals surface area contributed by atoms with Gasteiger partial charge in [0.05, 0.1) is 7.11 Å². The van der Waals surface area contributed by atoms with E-state index in [1.807, 2.05) is 37.4 Å². The normalized spacial score (nSPS) is 12.5. The molecule has 0 saturated carbocycles. The second kappa shape index (κ2) is 7.07. The number of ether oxygens (including phenoxy) is 1. The summed E-state index contributed by atoms with van der Waals surface area (Å²) in [5, 5.41) is 5.18. The predicted molar refractivity (Wildman–Crippen MR) is 96.7 cm³/mol. The fourth-order valence-electron chi connectivity index (χ4n) is 3.15. The summed E-state index contributed by atoms with van der Waals surface area (Å²) >= 11 is 6.48. The minimum absolute atomic E-state index is 0.209. The third-order valence-electron chi connectivity index (χ3n) is 4.26. The van der Waals surface area contributed by atoms with Crippen LogP contribution in [0, 0.1) is 0 Å². The van der Waals surface area contributed by atoms with Crippen LogP contribution in [0.4, 0.5) is 0 Å². The third kappa shape index (κ3) is 3.07. The first-order valence-electron chi connectivity index (χ1n) is 7.79. The lowest BCUT2D eigenvalue weighted by atomic mass is 9.88. The van der Waals surface area contributed by atoms with Gasteiger partial charge in [0.25, 0.3) is 0 Å². The molecule has 23 heavy (non-hydrogen) atoms. The maximum absolute atomic E-state index is 6.48. The van der Waals surface area contributed by atoms with Crippen LogP contribution in [0.2, 0.25) is 5.02 Å². The molecule has 1 aromatic heterocycles. The average molecular weight is 329 g/mol. The lowest BCUT2D eigenvalue weighted by molar-refractivity contribution is 0.419. The van der Waals surface area contributed by atoms with E-state index in [9.17, 15) is 0 Å². The number of rotatable bonds is 6. The molecule has 0 spiro atoms. The lowest BCUT2D eigenvalue weighted by Gasteiger charge is -2.19. The van der Waals surface area contributed by atoms with Gasteiger partial charge in [-0.05, 0) is 49.3 Å². The van der Waals surface area contributed by atoms with Crippen LogP contribution in [0.25, 0.3) is 10.9 Å². The van der Waals surface area contributed by atoms with Crippen LogP contribution in [0.3, 0.4) is 0 Å². The Labute approximate surface area is 141 Å². The zero-order valence-corrected chi connectivity index (χ0v) is 14.2. The highest BCUT2D eigenvalue weighted by Gasteiger charge is 2.21. The van der Waals surface area contributed by atoms with E-state index >= 15 is 0 Å². The van der Waals surface area contributed by atoms with Gasteiger partial charge in [0, 0.05) is 28.0 Å². The number of methoxy groups -OCH3 is 1. The van der Waals surface area contributed by atoms with E-state index in [0.717, 1.165) is 40.2 Å². The first-order chi connectivity index (χ1) is 11.3. The van der Waals surface area contributed by atoms with E-state index in [2.05, 4.69) is 28.6 Å². The lowest BCUT2D eigenvalue weighted by Crippen LogP contribution is -2.13. The number of hydrogen-bond acceptors (Lipinski definition) is 2. The van der Waals surface area contributed by atoms with Crippen LogP contribution in [-0.2, 0) is 0 Å². The number of halogens is 1. The number of aromatic nitrogens is 1. The quantitative estimate of drug-likeness (QED) is 0.695. The molecule has 2 N–H and O–H groups in total. The molecule has 1 heterocycles. The van der Waals surface area contributed by atoms with Gasteiger partial charge in [-0.2, -0.15) is 0 Å². The number of benzene rings is 2. The van der Waals surface area contributed by atoms with Gasteiger partial charge in [-0.15, -0.1) is 0 Å². The van der Waals surface area contributed by atoms with E-state index in [1.54, 1.807) is 7.11 Å². The van der Waals surface area contributed by atoms with Gasteiger partial charge >= 0.3 is 0 Å². The van der Waals surface area contributed by atoms with Gasteiger partial charge in [0.2, 0.25) is 0 Å². The molecule has 1 unspecified atom stereocenters. The van der Waals surface area contributed by atoms with E-state index in [0.29, 0.717) is 0 Å². The number of hydrogen-bond donors (Lipinski definition) is 2. The number of aromatic amines is 1. The maximum atomic E-state index is 6.48. The Morgan fingerprint density at radius 1 is 1.13 bits per heavy atom. The first-order valence-corrected chi connectivity index (χ1v) is 8.17. The zero-order valence-electron chi connectivity index (χ0n) is 13.4. The molecule has 0 fully saturated rings. The number of fused-ring (bicyclic) bond motifs is 1. The van der Waals surface area contributed by atoms with Crippen molar-refractivity contribution in [3.8, 4) is 5.75 Å². The van der Waals surface area contributed by atoms with Gasteiger partial charge in [-0.3, -0.25) is 0 Å². The molecule has 0 aliphatic rings. The summed E-state index contributed by atoms with van der Waals surface area (Å²) in [4.78, 5) is 3.37. The summed E-state index contributed by atoms with van der Waals surface area (Å²) in [6, 6.07) is 14.1. The van der Waals surface area contributed by atoms with Crippen molar-refractivity contribution < 1.29 is 4.74 Å². The smallest absolute Gasteiger partial charge is 0.128 e. The van der Waals surface area contributed by atoms with Gasteiger partial charge in [0.15, 0.2) is 0 Å². The van der Waals surface area contributed by atoms with Gasteiger partial charge in [-0.25, -0.2) is 0 Å². The summed E-state index contributed by atoms with van der Waals surface area (Å²) < 4.78 is 5.58. The topological polar surface area (TPSA) is 37.0 Å². The van der Waals surface area contributed by atoms with Crippen LogP contribution in [0.15, 0.2) is 48.7 Å². The molecule has 0 bridgehead atoms. The van der Waals surface area contributed by atoms with Crippen LogP contribution in [-0.4, -0.2) is 25.7 Å². The number of nitrogens with one attached hydrogen (secondary N) is 2. The van der Waals surface area contributed by atoms with E-state index in [4.69, 9.17) is 16.3 Å². The third-order valence-corrected chi connectivity index (χ3v) is 4.60. The molecule has 4 heteroatoms. The Morgan fingerprint density at radius 2 is 1.96 bits per heavy atom. The van der Waals surface area contributed by atoms with E-state index in [1.165, 1.54) is 5.56 Å². The molecule has 0 aliphatic heterocycles. The van der Waals surface area contributed by atoms with Crippen LogP contribution < -0.4 is 10.1 Å². The molecule has 120 valence electrons. The Morgan fingerprint density at radius 3 is 2.70 bits per heavy atom. The highest BCUT2D eigenvalue weighted by Crippen LogP contribution is 2.39. The van der Waals surface area contributed by atoms with Gasteiger partial charge in [-0.1, -0.05) is 35.9 Å². The predicted octanol–water partition coefficient (Wildman–Crippen LogP) is 4.57. The first kappa shape index (κ1) is 15.9. The van der Waals surface area contributed by atoms with Crippen molar-refractivity contribution in [1.82, 2.24) is 10.3 Å². The summed E-state index contributed by atoms with van der Waals surface area (Å²) in [7, 11) is 3.68. The fourth-order valence-corrected chi connectivity index (χ4v) is 3.41. The molecule has 0 saturated heterocycles. The van der Waals surface area contributed by atoms with Crippen LogP contribution in [0.5, 0.6) is 5.75 Å². The molecule has 3 nitrogen and oxygen atoms in total. The minimum atomic E-state index is 0.209. The molecule has 1 atom stereocenters. The summed E-state index contributed by atoms with van der Waals surface area (Å²) in [5.74, 6) is 1.10. The minimum Gasteiger partial charge on any atom is -0.496 e. The second-order valence-corrected chi connectivity index (χ2v) is 6.00. The molecule has 0 radical (unpaired) electrons. The monoisotopic (exact) mass is 328 g/mol. The largest absolute Gasteiger partial charge is 0.496 e. The number of H-pyrrole nitrogens is 1. The molecule has 3 aromatic rings. The Bertz CT molecular complexity index is 797. The van der Waals surface area contributed by atoms with E-state index in [-0.39, 0.29) is 5.92 Å². The van der Waals surface area contributed by atoms with E-state index < -0.39 is 0 Å². The fraction of sp³-hybridized carbons (Fsp3) is 0.263. The Hall–Kier alpha value is -1.97. The van der Waals surface area contributed by atoms with Crippen LogP contribution in [0.1, 0.15) is 23.5 Å². The molecule has 2 aromatic carbocycles. The molecular formula is C19H21ClN2O.